The molecule has 1 aliphatic rings. The van der Waals surface area contributed by atoms with Crippen LogP contribution >= 0.6 is 15.9 Å². The molecule has 18 heavy (non-hydrogen) atoms. The van der Waals surface area contributed by atoms with Gasteiger partial charge in [0.25, 0.3) is 0 Å². The van der Waals surface area contributed by atoms with E-state index in [1.54, 1.807) is 0 Å². The van der Waals surface area contributed by atoms with Crippen molar-refractivity contribution in [3.63, 3.8) is 0 Å². The van der Waals surface area contributed by atoms with Crippen molar-refractivity contribution in [2.75, 3.05) is 58.3 Å². The molecule has 2 heterocycles. The molecule has 0 unspecified atom stereocenters. The van der Waals surface area contributed by atoms with Crippen LogP contribution in [-0.4, -0.2) is 68.1 Å². The fourth-order valence-corrected chi connectivity index (χ4v) is 2.68. The van der Waals surface area contributed by atoms with Crippen molar-refractivity contribution in [2.45, 2.75) is 0 Å². The highest BCUT2D eigenvalue weighted by Crippen LogP contribution is 2.25. The van der Waals surface area contributed by atoms with Crippen molar-refractivity contribution in [1.82, 2.24) is 14.8 Å². The first-order valence-electron chi connectivity index (χ1n) is 6.38. The second-order valence-electron chi connectivity index (χ2n) is 4.96. The monoisotopic (exact) mass is 312 g/mol. The van der Waals surface area contributed by atoms with Gasteiger partial charge in [0.05, 0.1) is 10.2 Å². The van der Waals surface area contributed by atoms with E-state index < -0.39 is 0 Å². The minimum absolute atomic E-state index is 1.09. The zero-order valence-corrected chi connectivity index (χ0v) is 12.7. The zero-order valence-electron chi connectivity index (χ0n) is 11.1. The highest BCUT2D eigenvalue weighted by Gasteiger charge is 2.18. The highest BCUT2D eigenvalue weighted by molar-refractivity contribution is 9.10. The van der Waals surface area contributed by atoms with E-state index in [2.05, 4.69) is 55.8 Å². The first kappa shape index (κ1) is 13.8. The van der Waals surface area contributed by atoms with Crippen LogP contribution in [-0.2, 0) is 0 Å². The summed E-state index contributed by atoms with van der Waals surface area (Å²) in [6.45, 7) is 6.77. The number of hydrogen-bond donors (Lipinski definition) is 0. The Morgan fingerprint density at radius 2 is 2.00 bits per heavy atom. The maximum absolute atomic E-state index is 4.11. The van der Waals surface area contributed by atoms with Crippen molar-refractivity contribution < 1.29 is 0 Å². The van der Waals surface area contributed by atoms with Gasteiger partial charge in [0.1, 0.15) is 0 Å². The van der Waals surface area contributed by atoms with E-state index in [4.69, 9.17) is 0 Å². The Hall–Kier alpha value is -0.650. The Morgan fingerprint density at radius 1 is 1.28 bits per heavy atom. The zero-order chi connectivity index (χ0) is 13.0. The van der Waals surface area contributed by atoms with Gasteiger partial charge in [0.2, 0.25) is 0 Å². The quantitative estimate of drug-likeness (QED) is 0.841. The van der Waals surface area contributed by atoms with Crippen LogP contribution < -0.4 is 4.90 Å². The minimum atomic E-state index is 1.09. The largest absolute Gasteiger partial charge is 0.368 e. The lowest BCUT2D eigenvalue weighted by Gasteiger charge is -2.36. The van der Waals surface area contributed by atoms with Gasteiger partial charge in [-0.05, 0) is 36.1 Å². The lowest BCUT2D eigenvalue weighted by molar-refractivity contribution is 0.229. The SMILES string of the molecule is CN(C)CCN1CCN(c2ccncc2Br)CC1. The third kappa shape index (κ3) is 3.67. The Kier molecular flexibility index (Phi) is 4.97. The summed E-state index contributed by atoms with van der Waals surface area (Å²) >= 11 is 3.57. The molecule has 100 valence electrons. The third-order valence-corrected chi connectivity index (χ3v) is 3.94. The number of piperazine rings is 1. The van der Waals surface area contributed by atoms with Crippen LogP contribution in [0.4, 0.5) is 5.69 Å². The minimum Gasteiger partial charge on any atom is -0.368 e. The lowest BCUT2D eigenvalue weighted by Crippen LogP contribution is -2.48. The summed E-state index contributed by atoms with van der Waals surface area (Å²) in [5.41, 5.74) is 1.26. The van der Waals surface area contributed by atoms with Crippen molar-refractivity contribution >= 4 is 21.6 Å². The predicted molar refractivity (Wildman–Crippen MR) is 79.1 cm³/mol. The van der Waals surface area contributed by atoms with Crippen LogP contribution in [0, 0.1) is 0 Å². The standard InChI is InChI=1S/C13H21BrN4/c1-16(2)5-6-17-7-9-18(10-8-17)13-3-4-15-11-12(13)14/h3-4,11H,5-10H2,1-2H3. The molecular weight excluding hydrogens is 292 g/mol. The van der Waals surface area contributed by atoms with Gasteiger partial charge in [0.15, 0.2) is 0 Å². The summed E-state index contributed by atoms with van der Waals surface area (Å²) < 4.78 is 1.09. The molecule has 5 heteroatoms. The average molecular weight is 313 g/mol. The summed E-state index contributed by atoms with van der Waals surface area (Å²) in [5.74, 6) is 0. The van der Waals surface area contributed by atoms with E-state index in [1.807, 2.05) is 12.4 Å². The number of aromatic nitrogens is 1. The maximum Gasteiger partial charge on any atom is 0.0592 e. The van der Waals surface area contributed by atoms with E-state index >= 15 is 0 Å². The molecule has 4 nitrogen and oxygen atoms in total. The molecule has 2 rings (SSSR count). The van der Waals surface area contributed by atoms with E-state index in [9.17, 15) is 0 Å². The summed E-state index contributed by atoms with van der Waals surface area (Å²) in [4.78, 5) is 11.3. The molecule has 0 aromatic carbocycles. The molecule has 0 amide bonds. The van der Waals surface area contributed by atoms with E-state index in [0.29, 0.717) is 0 Å². The number of pyridine rings is 1. The first-order chi connectivity index (χ1) is 8.66. The summed E-state index contributed by atoms with van der Waals surface area (Å²) in [5, 5.41) is 0. The summed E-state index contributed by atoms with van der Waals surface area (Å²) in [7, 11) is 4.26. The van der Waals surface area contributed by atoms with Crippen LogP contribution in [0.25, 0.3) is 0 Å². The highest BCUT2D eigenvalue weighted by atomic mass is 79.9. The number of halogens is 1. The molecule has 1 saturated heterocycles. The summed E-state index contributed by atoms with van der Waals surface area (Å²) in [6.07, 6.45) is 3.73. The van der Waals surface area contributed by atoms with E-state index in [-0.39, 0.29) is 0 Å². The number of hydrogen-bond acceptors (Lipinski definition) is 4. The molecule has 1 aliphatic heterocycles. The van der Waals surface area contributed by atoms with Gasteiger partial charge in [0, 0.05) is 51.7 Å². The van der Waals surface area contributed by atoms with Gasteiger partial charge < -0.3 is 9.80 Å². The fraction of sp³-hybridized carbons (Fsp3) is 0.615. The van der Waals surface area contributed by atoms with Crippen molar-refractivity contribution in [2.24, 2.45) is 0 Å². The Labute approximate surface area is 118 Å². The van der Waals surface area contributed by atoms with Gasteiger partial charge in [-0.1, -0.05) is 0 Å². The molecule has 0 aliphatic carbocycles. The number of rotatable bonds is 4. The Morgan fingerprint density at radius 3 is 2.61 bits per heavy atom. The molecule has 1 aromatic rings. The third-order valence-electron chi connectivity index (χ3n) is 3.33. The van der Waals surface area contributed by atoms with Crippen molar-refractivity contribution in [3.8, 4) is 0 Å². The van der Waals surface area contributed by atoms with Crippen LogP contribution in [0.15, 0.2) is 22.9 Å². The molecule has 0 atom stereocenters. The van der Waals surface area contributed by atoms with Crippen LogP contribution in [0.5, 0.6) is 0 Å². The lowest BCUT2D eigenvalue weighted by atomic mass is 10.2. The van der Waals surface area contributed by atoms with Crippen molar-refractivity contribution in [3.05, 3.63) is 22.9 Å². The van der Waals surface area contributed by atoms with Gasteiger partial charge in [-0.25, -0.2) is 0 Å². The van der Waals surface area contributed by atoms with Gasteiger partial charge >= 0.3 is 0 Å². The topological polar surface area (TPSA) is 22.6 Å². The molecule has 0 bridgehead atoms. The second-order valence-corrected chi connectivity index (χ2v) is 5.81. The fourth-order valence-electron chi connectivity index (χ4n) is 2.18. The molecule has 1 aromatic heterocycles. The van der Waals surface area contributed by atoms with E-state index in [0.717, 1.165) is 37.2 Å². The molecule has 0 N–H and O–H groups in total. The molecule has 0 spiro atoms. The first-order valence-corrected chi connectivity index (χ1v) is 7.17. The molecular formula is C13H21BrN4. The van der Waals surface area contributed by atoms with Gasteiger partial charge in [-0.15, -0.1) is 0 Å². The predicted octanol–water partition coefficient (Wildman–Crippen LogP) is 1.53. The Bertz CT molecular complexity index is 375. The van der Waals surface area contributed by atoms with Crippen LogP contribution in [0.1, 0.15) is 0 Å². The molecule has 1 fully saturated rings. The number of nitrogens with zero attached hydrogens (tertiary/aromatic N) is 4. The normalized spacial score (nSPS) is 17.4. The molecule has 0 radical (unpaired) electrons. The number of anilines is 1. The molecule has 0 saturated carbocycles. The maximum atomic E-state index is 4.11. The summed E-state index contributed by atoms with van der Waals surface area (Å²) in [6, 6.07) is 2.08. The average Bonchev–Trinajstić information content (AvgIpc) is 2.38. The smallest absolute Gasteiger partial charge is 0.0592 e. The van der Waals surface area contributed by atoms with Crippen LogP contribution in [0.3, 0.4) is 0 Å². The second kappa shape index (κ2) is 6.50. The van der Waals surface area contributed by atoms with Gasteiger partial charge in [-0.3, -0.25) is 9.88 Å². The number of likely N-dealkylation sites (N-methyl/N-ethyl adjacent to an activating group) is 1. The van der Waals surface area contributed by atoms with Gasteiger partial charge in [-0.2, -0.15) is 0 Å². The Balaban J connectivity index is 1.85. The van der Waals surface area contributed by atoms with Crippen LogP contribution in [0.2, 0.25) is 0 Å². The van der Waals surface area contributed by atoms with Crippen molar-refractivity contribution in [1.29, 1.82) is 0 Å². The van der Waals surface area contributed by atoms with E-state index in [1.165, 1.54) is 12.2 Å².